The predicted molar refractivity (Wildman–Crippen MR) is 76.5 cm³/mol. The highest BCUT2D eigenvalue weighted by atomic mass is 14.9. The molecule has 1 heterocycles. The molecule has 1 rings (SSSR count). The first kappa shape index (κ1) is 17.4. The van der Waals surface area contributed by atoms with Crippen LogP contribution in [0.5, 0.6) is 0 Å². The Morgan fingerprint density at radius 2 is 1.56 bits per heavy atom. The molecule has 0 radical (unpaired) electrons. The van der Waals surface area contributed by atoms with Crippen LogP contribution in [0.15, 0.2) is 36.1 Å². The first-order valence-corrected chi connectivity index (χ1v) is 6.28. The average Bonchev–Trinajstić information content (AvgIpc) is 2.30. The molecule has 0 aromatic heterocycles. The molecule has 1 aliphatic rings. The molecule has 0 saturated carbocycles. The van der Waals surface area contributed by atoms with Gasteiger partial charge in [0.2, 0.25) is 0 Å². The fraction of sp³-hybridized carbons (Fsp3) is 0.600. The summed E-state index contributed by atoms with van der Waals surface area (Å²) in [5.41, 5.74) is 3.51. The lowest BCUT2D eigenvalue weighted by molar-refractivity contribution is 0.412. The summed E-state index contributed by atoms with van der Waals surface area (Å²) >= 11 is 0. The molecule has 16 heavy (non-hydrogen) atoms. The van der Waals surface area contributed by atoms with Crippen molar-refractivity contribution in [3.63, 3.8) is 0 Å². The molecule has 1 N–H and O–H groups in total. The van der Waals surface area contributed by atoms with Gasteiger partial charge in [0.1, 0.15) is 0 Å². The van der Waals surface area contributed by atoms with E-state index in [-0.39, 0.29) is 5.41 Å². The fourth-order valence-electron chi connectivity index (χ4n) is 1.67. The molecule has 1 heteroatoms. The third kappa shape index (κ3) is 4.26. The Kier molecular flexibility index (Phi) is 8.93. The smallest absolute Gasteiger partial charge is 0.0337 e. The molecule has 0 aromatic rings. The predicted octanol–water partition coefficient (Wildman–Crippen LogP) is 4.68. The highest BCUT2D eigenvalue weighted by Gasteiger charge is 2.29. The Balaban J connectivity index is 0. The van der Waals surface area contributed by atoms with Crippen LogP contribution in [0.3, 0.4) is 0 Å². The van der Waals surface area contributed by atoms with Gasteiger partial charge in [0, 0.05) is 17.7 Å². The molecular formula is C15H29N. The Hall–Kier alpha value is -0.980. The van der Waals surface area contributed by atoms with Crippen molar-refractivity contribution in [2.45, 2.75) is 48.5 Å². The molecule has 94 valence electrons. The molecule has 0 spiro atoms. The first-order valence-electron chi connectivity index (χ1n) is 6.28. The number of rotatable bonds is 0. The maximum absolute atomic E-state index is 4.01. The zero-order valence-corrected chi connectivity index (χ0v) is 12.2. The van der Waals surface area contributed by atoms with Crippen LogP contribution in [0.25, 0.3) is 0 Å². The summed E-state index contributed by atoms with van der Waals surface area (Å²) < 4.78 is 0. The standard InChI is InChI=1S/C11H17N.2C2H6/c1-6-10-8(2)9(3)12-7-11(10,4)5;2*1-2/h6,12H,2-3,7H2,1,4-5H3;2*1-2H3/b10-6+;;. The van der Waals surface area contributed by atoms with Crippen molar-refractivity contribution in [1.82, 2.24) is 5.32 Å². The Bertz CT molecular complexity index is 257. The molecule has 0 aromatic carbocycles. The number of allylic oxidation sites excluding steroid dienone is 2. The second-order valence-corrected chi connectivity index (χ2v) is 3.90. The third-order valence-electron chi connectivity index (χ3n) is 2.45. The van der Waals surface area contributed by atoms with Crippen molar-refractivity contribution in [3.8, 4) is 0 Å². The van der Waals surface area contributed by atoms with Crippen LogP contribution in [0, 0.1) is 5.41 Å². The Morgan fingerprint density at radius 3 is 1.88 bits per heavy atom. The van der Waals surface area contributed by atoms with Crippen molar-refractivity contribution in [3.05, 3.63) is 36.1 Å². The van der Waals surface area contributed by atoms with E-state index in [4.69, 9.17) is 0 Å². The van der Waals surface area contributed by atoms with Crippen LogP contribution in [0.2, 0.25) is 0 Å². The van der Waals surface area contributed by atoms with Gasteiger partial charge in [0.05, 0.1) is 0 Å². The second kappa shape index (κ2) is 8.20. The van der Waals surface area contributed by atoms with E-state index in [1.807, 2.05) is 27.7 Å². The minimum absolute atomic E-state index is 0.188. The normalized spacial score (nSPS) is 20.1. The lowest BCUT2D eigenvalue weighted by Crippen LogP contribution is -2.37. The molecule has 0 amide bonds. The van der Waals surface area contributed by atoms with Gasteiger partial charge in [-0.25, -0.2) is 0 Å². The monoisotopic (exact) mass is 223 g/mol. The fourth-order valence-corrected chi connectivity index (χ4v) is 1.67. The van der Waals surface area contributed by atoms with Crippen LogP contribution in [-0.2, 0) is 0 Å². The summed E-state index contributed by atoms with van der Waals surface area (Å²) in [7, 11) is 0. The molecule has 1 aliphatic heterocycles. The van der Waals surface area contributed by atoms with Gasteiger partial charge in [-0.15, -0.1) is 0 Å². The van der Waals surface area contributed by atoms with Crippen LogP contribution >= 0.6 is 0 Å². The van der Waals surface area contributed by atoms with E-state index in [1.165, 1.54) is 5.57 Å². The number of hydrogen-bond acceptors (Lipinski definition) is 1. The number of hydrogen-bond donors (Lipinski definition) is 1. The maximum atomic E-state index is 4.01. The minimum Gasteiger partial charge on any atom is -0.384 e. The molecule has 0 unspecified atom stereocenters. The van der Waals surface area contributed by atoms with E-state index in [2.05, 4.69) is 45.3 Å². The molecule has 1 saturated heterocycles. The van der Waals surface area contributed by atoms with Crippen molar-refractivity contribution in [1.29, 1.82) is 0 Å². The van der Waals surface area contributed by atoms with Gasteiger partial charge in [0.15, 0.2) is 0 Å². The molecule has 1 fully saturated rings. The zero-order chi connectivity index (χ0) is 13.4. The van der Waals surface area contributed by atoms with Gasteiger partial charge < -0.3 is 5.32 Å². The van der Waals surface area contributed by atoms with Gasteiger partial charge in [-0.05, 0) is 18.1 Å². The lowest BCUT2D eigenvalue weighted by Gasteiger charge is -2.36. The summed E-state index contributed by atoms with van der Waals surface area (Å²) in [6, 6.07) is 0. The van der Waals surface area contributed by atoms with Crippen molar-refractivity contribution in [2.75, 3.05) is 6.54 Å². The topological polar surface area (TPSA) is 12.0 Å². The molecule has 0 atom stereocenters. The average molecular weight is 223 g/mol. The summed E-state index contributed by atoms with van der Waals surface area (Å²) in [5, 5.41) is 3.25. The number of piperidine rings is 1. The van der Waals surface area contributed by atoms with Crippen LogP contribution < -0.4 is 5.32 Å². The third-order valence-corrected chi connectivity index (χ3v) is 2.45. The van der Waals surface area contributed by atoms with Gasteiger partial charge in [0.25, 0.3) is 0 Å². The van der Waals surface area contributed by atoms with E-state index in [9.17, 15) is 0 Å². The van der Waals surface area contributed by atoms with Crippen molar-refractivity contribution < 1.29 is 0 Å². The Labute approximate surface area is 102 Å². The van der Waals surface area contributed by atoms with Gasteiger partial charge in [-0.2, -0.15) is 0 Å². The van der Waals surface area contributed by atoms with E-state index >= 15 is 0 Å². The quantitative estimate of drug-likeness (QED) is 0.628. The number of nitrogens with one attached hydrogen (secondary N) is 1. The van der Waals surface area contributed by atoms with Gasteiger partial charge in [-0.3, -0.25) is 0 Å². The zero-order valence-electron chi connectivity index (χ0n) is 12.2. The SMILES string of the molecule is C=C1NCC(C)(C)/C(=C/C)C1=C.CC.CC. The van der Waals surface area contributed by atoms with E-state index in [0.29, 0.717) is 0 Å². The Morgan fingerprint density at radius 1 is 1.12 bits per heavy atom. The van der Waals surface area contributed by atoms with Gasteiger partial charge in [-0.1, -0.05) is 60.8 Å². The molecule has 0 bridgehead atoms. The van der Waals surface area contributed by atoms with Crippen LogP contribution in [0.1, 0.15) is 48.5 Å². The second-order valence-electron chi connectivity index (χ2n) is 3.90. The minimum atomic E-state index is 0.188. The van der Waals surface area contributed by atoms with E-state index < -0.39 is 0 Å². The maximum Gasteiger partial charge on any atom is 0.0337 e. The van der Waals surface area contributed by atoms with Crippen molar-refractivity contribution in [2.24, 2.45) is 5.41 Å². The van der Waals surface area contributed by atoms with Crippen LogP contribution in [0.4, 0.5) is 0 Å². The molecule has 1 nitrogen and oxygen atoms in total. The summed E-state index contributed by atoms with van der Waals surface area (Å²) in [5.74, 6) is 0. The molecule has 0 aliphatic carbocycles. The highest BCUT2D eigenvalue weighted by molar-refractivity contribution is 5.48. The summed E-state index contributed by atoms with van der Waals surface area (Å²) in [6.45, 7) is 23.4. The summed E-state index contributed by atoms with van der Waals surface area (Å²) in [4.78, 5) is 0. The van der Waals surface area contributed by atoms with Gasteiger partial charge >= 0.3 is 0 Å². The van der Waals surface area contributed by atoms with Crippen molar-refractivity contribution >= 4 is 0 Å². The highest BCUT2D eigenvalue weighted by Crippen LogP contribution is 2.36. The van der Waals surface area contributed by atoms with E-state index in [1.54, 1.807) is 0 Å². The summed E-state index contributed by atoms with van der Waals surface area (Å²) in [6.07, 6.45) is 2.13. The largest absolute Gasteiger partial charge is 0.384 e. The van der Waals surface area contributed by atoms with Crippen LogP contribution in [-0.4, -0.2) is 6.54 Å². The van der Waals surface area contributed by atoms with E-state index in [0.717, 1.165) is 17.8 Å². The molecular weight excluding hydrogens is 194 g/mol. The first-order chi connectivity index (χ1) is 7.49. The lowest BCUT2D eigenvalue weighted by atomic mass is 9.76.